The minimum absolute atomic E-state index is 0.00663. The van der Waals surface area contributed by atoms with Crippen molar-refractivity contribution < 1.29 is 13.9 Å². The molecule has 122 valence electrons. The van der Waals surface area contributed by atoms with E-state index >= 15 is 0 Å². The number of nitrogen functional groups attached to an aromatic ring is 1. The number of carbonyl (C=O) groups is 1. The molecule has 0 radical (unpaired) electrons. The van der Waals surface area contributed by atoms with E-state index < -0.39 is 0 Å². The number of aromatic nitrogens is 3. The molecule has 0 bridgehead atoms. The zero-order valence-electron chi connectivity index (χ0n) is 12.9. The van der Waals surface area contributed by atoms with Crippen molar-refractivity contribution in [1.29, 1.82) is 0 Å². The van der Waals surface area contributed by atoms with Crippen molar-refractivity contribution in [3.8, 4) is 17.1 Å². The van der Waals surface area contributed by atoms with Gasteiger partial charge in [0.2, 0.25) is 5.95 Å². The summed E-state index contributed by atoms with van der Waals surface area (Å²) in [6.07, 6.45) is 0.125. The zero-order valence-corrected chi connectivity index (χ0v) is 12.9. The molecular formula is C17H15FN4O2. The Bertz CT molecular complexity index is 857. The van der Waals surface area contributed by atoms with Gasteiger partial charge in [-0.3, -0.25) is 4.79 Å². The fraction of sp³-hybridized carbons (Fsp3) is 0.118. The van der Waals surface area contributed by atoms with Crippen molar-refractivity contribution in [2.45, 2.75) is 6.42 Å². The van der Waals surface area contributed by atoms with Gasteiger partial charge in [0.15, 0.2) is 5.82 Å². The molecule has 0 aliphatic rings. The maximum absolute atomic E-state index is 13.0. The first-order valence-electron chi connectivity index (χ1n) is 7.21. The van der Waals surface area contributed by atoms with Gasteiger partial charge in [0, 0.05) is 5.56 Å². The number of anilines is 1. The van der Waals surface area contributed by atoms with Gasteiger partial charge in [0.05, 0.1) is 13.5 Å². The van der Waals surface area contributed by atoms with Gasteiger partial charge in [0.1, 0.15) is 11.6 Å². The molecule has 0 saturated carbocycles. The van der Waals surface area contributed by atoms with Crippen LogP contribution in [0.25, 0.3) is 11.4 Å². The summed E-state index contributed by atoms with van der Waals surface area (Å²) >= 11 is 0. The highest BCUT2D eigenvalue weighted by Crippen LogP contribution is 2.18. The third-order valence-corrected chi connectivity index (χ3v) is 3.49. The van der Waals surface area contributed by atoms with Crippen molar-refractivity contribution in [3.05, 3.63) is 59.9 Å². The molecule has 0 atom stereocenters. The Labute approximate surface area is 137 Å². The first kappa shape index (κ1) is 15.7. The fourth-order valence-electron chi connectivity index (χ4n) is 2.22. The Morgan fingerprint density at radius 2 is 1.83 bits per heavy atom. The van der Waals surface area contributed by atoms with Crippen molar-refractivity contribution in [2.75, 3.05) is 12.8 Å². The topological polar surface area (TPSA) is 83.0 Å². The monoisotopic (exact) mass is 326 g/mol. The average molecular weight is 326 g/mol. The second-order valence-electron chi connectivity index (χ2n) is 5.13. The lowest BCUT2D eigenvalue weighted by atomic mass is 10.1. The van der Waals surface area contributed by atoms with Crippen LogP contribution in [0.5, 0.6) is 5.75 Å². The van der Waals surface area contributed by atoms with Gasteiger partial charge in [-0.05, 0) is 42.0 Å². The van der Waals surface area contributed by atoms with Gasteiger partial charge in [-0.2, -0.15) is 9.67 Å². The van der Waals surface area contributed by atoms with Crippen LogP contribution in [0.15, 0.2) is 48.5 Å². The average Bonchev–Trinajstić information content (AvgIpc) is 2.98. The van der Waals surface area contributed by atoms with Crippen LogP contribution in [-0.4, -0.2) is 27.8 Å². The van der Waals surface area contributed by atoms with Gasteiger partial charge in [-0.15, -0.1) is 5.10 Å². The Morgan fingerprint density at radius 1 is 1.17 bits per heavy atom. The van der Waals surface area contributed by atoms with E-state index in [2.05, 4.69) is 10.1 Å². The third kappa shape index (κ3) is 3.24. The Kier molecular flexibility index (Phi) is 4.24. The molecule has 3 aromatic rings. The molecule has 0 spiro atoms. The number of nitrogens with two attached hydrogens (primary N) is 1. The number of hydrogen-bond donors (Lipinski definition) is 1. The second-order valence-corrected chi connectivity index (χ2v) is 5.13. The van der Waals surface area contributed by atoms with Gasteiger partial charge in [-0.25, -0.2) is 4.39 Å². The minimum atomic E-state index is -0.360. The summed E-state index contributed by atoms with van der Waals surface area (Å²) < 4.78 is 19.1. The van der Waals surface area contributed by atoms with Gasteiger partial charge in [-0.1, -0.05) is 12.1 Å². The second kappa shape index (κ2) is 6.49. The first-order chi connectivity index (χ1) is 11.6. The first-order valence-corrected chi connectivity index (χ1v) is 7.21. The normalized spacial score (nSPS) is 10.6. The fourth-order valence-corrected chi connectivity index (χ4v) is 2.22. The number of rotatable bonds is 4. The van der Waals surface area contributed by atoms with Crippen LogP contribution in [0.2, 0.25) is 0 Å². The van der Waals surface area contributed by atoms with Crippen LogP contribution in [0.1, 0.15) is 10.4 Å². The number of nitrogens with zero attached hydrogens (tertiary/aromatic N) is 3. The van der Waals surface area contributed by atoms with Gasteiger partial charge < -0.3 is 10.5 Å². The molecule has 0 amide bonds. The van der Waals surface area contributed by atoms with Crippen molar-refractivity contribution in [1.82, 2.24) is 14.8 Å². The molecule has 0 fully saturated rings. The van der Waals surface area contributed by atoms with E-state index in [0.29, 0.717) is 11.3 Å². The molecule has 0 aliphatic carbocycles. The molecule has 2 aromatic carbocycles. The molecule has 24 heavy (non-hydrogen) atoms. The van der Waals surface area contributed by atoms with Gasteiger partial charge >= 0.3 is 0 Å². The summed E-state index contributed by atoms with van der Waals surface area (Å²) in [7, 11) is 1.58. The molecule has 6 nitrogen and oxygen atoms in total. The van der Waals surface area contributed by atoms with Crippen molar-refractivity contribution >= 4 is 11.9 Å². The van der Waals surface area contributed by atoms with Crippen LogP contribution in [-0.2, 0) is 6.42 Å². The number of methoxy groups -OCH3 is 1. The molecule has 1 heterocycles. The Balaban J connectivity index is 1.81. The highest BCUT2D eigenvalue weighted by Gasteiger charge is 2.15. The van der Waals surface area contributed by atoms with E-state index in [9.17, 15) is 9.18 Å². The summed E-state index contributed by atoms with van der Waals surface area (Å²) in [6, 6.07) is 12.8. The largest absolute Gasteiger partial charge is 0.497 e. The highest BCUT2D eigenvalue weighted by atomic mass is 19.1. The summed E-state index contributed by atoms with van der Waals surface area (Å²) in [4.78, 5) is 16.4. The smallest absolute Gasteiger partial charge is 0.254 e. The summed E-state index contributed by atoms with van der Waals surface area (Å²) in [5.74, 6) is 0.314. The maximum Gasteiger partial charge on any atom is 0.254 e. The number of benzene rings is 2. The van der Waals surface area contributed by atoms with E-state index in [4.69, 9.17) is 10.5 Å². The lowest BCUT2D eigenvalue weighted by Crippen LogP contribution is -2.17. The summed E-state index contributed by atoms with van der Waals surface area (Å²) in [5.41, 5.74) is 7.17. The van der Waals surface area contributed by atoms with Crippen LogP contribution < -0.4 is 10.5 Å². The lowest BCUT2D eigenvalue weighted by Gasteiger charge is -2.03. The van der Waals surface area contributed by atoms with Crippen molar-refractivity contribution in [2.24, 2.45) is 0 Å². The van der Waals surface area contributed by atoms with E-state index in [1.165, 1.54) is 24.3 Å². The number of halogens is 1. The molecule has 1 aromatic heterocycles. The molecule has 0 saturated heterocycles. The summed E-state index contributed by atoms with van der Waals surface area (Å²) in [6.45, 7) is 0. The number of hydrogen-bond acceptors (Lipinski definition) is 5. The maximum atomic E-state index is 13.0. The quantitative estimate of drug-likeness (QED) is 0.796. The molecule has 3 rings (SSSR count). The van der Waals surface area contributed by atoms with E-state index in [1.807, 2.05) is 0 Å². The molecule has 0 unspecified atom stereocenters. The standard InChI is InChI=1S/C17H15FN4O2/c1-24-14-8-2-11(3-9-14)10-15(23)22-17(19)20-16(21-22)12-4-6-13(18)7-5-12/h2-9H,10H2,1H3,(H2,19,20,21). The Hall–Kier alpha value is -3.22. The van der Waals surface area contributed by atoms with E-state index in [0.717, 1.165) is 10.2 Å². The minimum Gasteiger partial charge on any atom is -0.497 e. The van der Waals surface area contributed by atoms with Crippen molar-refractivity contribution in [3.63, 3.8) is 0 Å². The Morgan fingerprint density at radius 3 is 2.46 bits per heavy atom. The molecular weight excluding hydrogens is 311 g/mol. The van der Waals surface area contributed by atoms with Crippen LogP contribution >= 0.6 is 0 Å². The predicted octanol–water partition coefficient (Wildman–Crippen LogP) is 2.56. The van der Waals surface area contributed by atoms with Crippen LogP contribution in [0, 0.1) is 5.82 Å². The predicted molar refractivity (Wildman–Crippen MR) is 87.2 cm³/mol. The van der Waals surface area contributed by atoms with E-state index in [-0.39, 0.29) is 29.9 Å². The zero-order chi connectivity index (χ0) is 17.1. The SMILES string of the molecule is COc1ccc(CC(=O)n2nc(-c3ccc(F)cc3)nc2N)cc1. The number of carbonyl (C=O) groups excluding carboxylic acids is 1. The molecule has 2 N–H and O–H groups in total. The van der Waals surface area contributed by atoms with E-state index in [1.54, 1.807) is 31.4 Å². The van der Waals surface area contributed by atoms with Crippen LogP contribution in [0.3, 0.4) is 0 Å². The van der Waals surface area contributed by atoms with Gasteiger partial charge in [0.25, 0.3) is 5.91 Å². The molecule has 0 aliphatic heterocycles. The van der Waals surface area contributed by atoms with Crippen LogP contribution in [0.4, 0.5) is 10.3 Å². The molecule has 7 heteroatoms. The lowest BCUT2D eigenvalue weighted by molar-refractivity contribution is 0.0901. The third-order valence-electron chi connectivity index (χ3n) is 3.49. The summed E-state index contributed by atoms with van der Waals surface area (Å²) in [5, 5.41) is 4.12. The highest BCUT2D eigenvalue weighted by molar-refractivity contribution is 5.83. The number of ether oxygens (including phenoxy) is 1.